The standard InChI is InChI=1S/C46H31NS/c1-3-11-32(12-4-1)34-19-21-37(22-20-34)40-16-9-10-18-44(40)47(38-26-23-35(24-27-38)33-13-5-2-6-14-33)39-28-30-45-43(31-39)42-29-25-36-15-7-8-17-41(36)46(42)48-45/h1-31H. The Morgan fingerprint density at radius 3 is 1.65 bits per heavy atom. The summed E-state index contributed by atoms with van der Waals surface area (Å²) in [5.41, 5.74) is 10.6. The zero-order chi connectivity index (χ0) is 31.9. The first-order valence-electron chi connectivity index (χ1n) is 16.3. The van der Waals surface area contributed by atoms with E-state index in [0.717, 1.165) is 17.1 Å². The van der Waals surface area contributed by atoms with Gasteiger partial charge in [-0.25, -0.2) is 0 Å². The van der Waals surface area contributed by atoms with Crippen LogP contribution in [0.2, 0.25) is 0 Å². The molecule has 8 aromatic carbocycles. The molecule has 0 amide bonds. The lowest BCUT2D eigenvalue weighted by Gasteiger charge is -2.28. The van der Waals surface area contributed by atoms with Crippen LogP contribution in [0, 0.1) is 0 Å². The van der Waals surface area contributed by atoms with E-state index in [-0.39, 0.29) is 0 Å². The second kappa shape index (κ2) is 12.0. The van der Waals surface area contributed by atoms with Crippen molar-refractivity contribution < 1.29 is 0 Å². The lowest BCUT2D eigenvalue weighted by molar-refractivity contribution is 1.29. The Bertz CT molecular complexity index is 2530. The largest absolute Gasteiger partial charge is 0.310 e. The van der Waals surface area contributed by atoms with Crippen molar-refractivity contribution in [1.82, 2.24) is 0 Å². The maximum Gasteiger partial charge on any atom is 0.0540 e. The second-order valence-corrected chi connectivity index (χ2v) is 13.2. The average Bonchev–Trinajstić information content (AvgIpc) is 3.55. The fourth-order valence-electron chi connectivity index (χ4n) is 6.88. The summed E-state index contributed by atoms with van der Waals surface area (Å²) < 4.78 is 2.65. The summed E-state index contributed by atoms with van der Waals surface area (Å²) in [6.07, 6.45) is 0. The van der Waals surface area contributed by atoms with Crippen molar-refractivity contribution in [2.75, 3.05) is 4.90 Å². The summed E-state index contributed by atoms with van der Waals surface area (Å²) in [4.78, 5) is 2.42. The number of hydrogen-bond donors (Lipinski definition) is 0. The lowest BCUT2D eigenvalue weighted by atomic mass is 9.98. The van der Waals surface area contributed by atoms with E-state index in [1.165, 1.54) is 64.3 Å². The Hall–Kier alpha value is -5.96. The van der Waals surface area contributed by atoms with Crippen molar-refractivity contribution in [3.05, 3.63) is 188 Å². The molecule has 1 heterocycles. The molecule has 0 fully saturated rings. The predicted molar refractivity (Wildman–Crippen MR) is 208 cm³/mol. The fourth-order valence-corrected chi connectivity index (χ4v) is 8.10. The molecule has 0 aliphatic heterocycles. The number of hydrogen-bond acceptors (Lipinski definition) is 2. The number of anilines is 3. The Labute approximate surface area is 284 Å². The minimum atomic E-state index is 1.12. The van der Waals surface area contributed by atoms with Crippen LogP contribution in [0.3, 0.4) is 0 Å². The van der Waals surface area contributed by atoms with E-state index < -0.39 is 0 Å². The van der Waals surface area contributed by atoms with Crippen LogP contribution >= 0.6 is 11.3 Å². The number of fused-ring (bicyclic) bond motifs is 5. The Kier molecular flexibility index (Phi) is 7.07. The van der Waals surface area contributed by atoms with Crippen molar-refractivity contribution in [3.63, 3.8) is 0 Å². The van der Waals surface area contributed by atoms with Crippen LogP contribution in [-0.2, 0) is 0 Å². The Morgan fingerprint density at radius 2 is 0.917 bits per heavy atom. The van der Waals surface area contributed by atoms with E-state index in [2.05, 4.69) is 193 Å². The molecule has 0 unspecified atom stereocenters. The van der Waals surface area contributed by atoms with Crippen molar-refractivity contribution in [2.45, 2.75) is 0 Å². The van der Waals surface area contributed by atoms with Gasteiger partial charge in [-0.05, 0) is 75.0 Å². The highest BCUT2D eigenvalue weighted by atomic mass is 32.1. The summed E-state index contributed by atoms with van der Waals surface area (Å²) in [5.74, 6) is 0. The molecule has 9 rings (SSSR count). The van der Waals surface area contributed by atoms with E-state index in [1.807, 2.05) is 11.3 Å². The summed E-state index contributed by atoms with van der Waals surface area (Å²) in [6, 6.07) is 68.1. The summed E-state index contributed by atoms with van der Waals surface area (Å²) in [7, 11) is 0. The molecule has 0 aliphatic rings. The van der Waals surface area contributed by atoms with Gasteiger partial charge in [-0.15, -0.1) is 11.3 Å². The van der Waals surface area contributed by atoms with Gasteiger partial charge in [-0.1, -0.05) is 152 Å². The first-order valence-corrected chi connectivity index (χ1v) is 17.2. The van der Waals surface area contributed by atoms with Crippen LogP contribution in [-0.4, -0.2) is 0 Å². The van der Waals surface area contributed by atoms with E-state index >= 15 is 0 Å². The SMILES string of the molecule is c1ccc(-c2ccc(-c3ccccc3N(c3ccc(-c4ccccc4)cc3)c3ccc4sc5c6ccccc6ccc5c4c3)cc2)cc1. The average molecular weight is 630 g/mol. The van der Waals surface area contributed by atoms with Gasteiger partial charge in [0.15, 0.2) is 0 Å². The number of nitrogens with zero attached hydrogens (tertiary/aromatic N) is 1. The number of rotatable bonds is 6. The molecule has 0 N–H and O–H groups in total. The summed E-state index contributed by atoms with van der Waals surface area (Å²) in [6.45, 7) is 0. The molecule has 9 aromatic rings. The van der Waals surface area contributed by atoms with E-state index in [9.17, 15) is 0 Å². The van der Waals surface area contributed by atoms with Gasteiger partial charge in [-0.3, -0.25) is 0 Å². The highest BCUT2D eigenvalue weighted by Crippen LogP contribution is 2.45. The maximum absolute atomic E-state index is 2.42. The predicted octanol–water partition coefficient (Wildman–Crippen LogP) is 13.7. The minimum absolute atomic E-state index is 1.12. The zero-order valence-corrected chi connectivity index (χ0v) is 27.1. The van der Waals surface area contributed by atoms with E-state index in [1.54, 1.807) is 0 Å². The minimum Gasteiger partial charge on any atom is -0.310 e. The monoisotopic (exact) mass is 629 g/mol. The maximum atomic E-state index is 2.42. The number of thiophene rings is 1. The number of para-hydroxylation sites is 1. The van der Waals surface area contributed by atoms with Gasteiger partial charge in [0.05, 0.1) is 5.69 Å². The topological polar surface area (TPSA) is 3.24 Å². The highest BCUT2D eigenvalue weighted by Gasteiger charge is 2.19. The first kappa shape index (κ1) is 28.3. The van der Waals surface area contributed by atoms with Crippen molar-refractivity contribution >= 4 is 59.3 Å². The summed E-state index contributed by atoms with van der Waals surface area (Å²) in [5, 5.41) is 5.19. The normalized spacial score (nSPS) is 11.3. The second-order valence-electron chi connectivity index (χ2n) is 12.2. The van der Waals surface area contributed by atoms with E-state index in [4.69, 9.17) is 0 Å². The van der Waals surface area contributed by atoms with Crippen LogP contribution in [0.15, 0.2) is 188 Å². The Balaban J connectivity index is 1.21. The lowest BCUT2D eigenvalue weighted by Crippen LogP contribution is -2.11. The van der Waals surface area contributed by atoms with Crippen LogP contribution in [0.5, 0.6) is 0 Å². The molecule has 0 saturated carbocycles. The van der Waals surface area contributed by atoms with Gasteiger partial charge >= 0.3 is 0 Å². The smallest absolute Gasteiger partial charge is 0.0540 e. The molecule has 0 saturated heterocycles. The third-order valence-corrected chi connectivity index (χ3v) is 10.5. The van der Waals surface area contributed by atoms with Gasteiger partial charge < -0.3 is 4.90 Å². The molecule has 1 nitrogen and oxygen atoms in total. The molecule has 48 heavy (non-hydrogen) atoms. The van der Waals surface area contributed by atoms with E-state index in [0.29, 0.717) is 0 Å². The molecule has 226 valence electrons. The molecule has 0 spiro atoms. The summed E-state index contributed by atoms with van der Waals surface area (Å²) >= 11 is 1.88. The third kappa shape index (κ3) is 5.04. The first-order chi connectivity index (χ1) is 23.8. The molecular weight excluding hydrogens is 599 g/mol. The van der Waals surface area contributed by atoms with Crippen molar-refractivity contribution in [3.8, 4) is 33.4 Å². The van der Waals surface area contributed by atoms with Crippen LogP contribution < -0.4 is 4.90 Å². The van der Waals surface area contributed by atoms with Crippen molar-refractivity contribution in [2.24, 2.45) is 0 Å². The van der Waals surface area contributed by atoms with Gasteiger partial charge in [0.1, 0.15) is 0 Å². The van der Waals surface area contributed by atoms with Gasteiger partial charge in [0.2, 0.25) is 0 Å². The number of benzene rings is 8. The highest BCUT2D eigenvalue weighted by molar-refractivity contribution is 7.26. The molecule has 0 radical (unpaired) electrons. The molecule has 0 bridgehead atoms. The fraction of sp³-hybridized carbons (Fsp3) is 0. The quantitative estimate of drug-likeness (QED) is 0.177. The van der Waals surface area contributed by atoms with Crippen LogP contribution in [0.1, 0.15) is 0 Å². The molecule has 2 heteroatoms. The van der Waals surface area contributed by atoms with Crippen molar-refractivity contribution in [1.29, 1.82) is 0 Å². The molecule has 1 aromatic heterocycles. The van der Waals surface area contributed by atoms with Crippen LogP contribution in [0.4, 0.5) is 17.1 Å². The molecule has 0 atom stereocenters. The molecule has 0 aliphatic carbocycles. The zero-order valence-electron chi connectivity index (χ0n) is 26.3. The van der Waals surface area contributed by atoms with Crippen LogP contribution in [0.25, 0.3) is 64.3 Å². The van der Waals surface area contributed by atoms with Gasteiger partial charge in [0, 0.05) is 37.1 Å². The Morgan fingerprint density at radius 1 is 0.354 bits per heavy atom. The van der Waals surface area contributed by atoms with Gasteiger partial charge in [-0.2, -0.15) is 0 Å². The third-order valence-electron chi connectivity index (χ3n) is 9.28. The molecular formula is C46H31NS. The van der Waals surface area contributed by atoms with Gasteiger partial charge in [0.25, 0.3) is 0 Å².